The van der Waals surface area contributed by atoms with Gasteiger partial charge in [-0.05, 0) is 32.9 Å². The van der Waals surface area contributed by atoms with Crippen molar-refractivity contribution in [2.75, 3.05) is 7.05 Å². The third-order valence-electron chi connectivity index (χ3n) is 3.12. The minimum absolute atomic E-state index is 0.148. The number of nitrogens with one attached hydrogen (secondary N) is 1. The van der Waals surface area contributed by atoms with Crippen LogP contribution in [0.5, 0.6) is 0 Å². The Morgan fingerprint density at radius 1 is 1.53 bits per heavy atom. The van der Waals surface area contributed by atoms with Gasteiger partial charge in [-0.2, -0.15) is 0 Å². The van der Waals surface area contributed by atoms with Crippen LogP contribution in [0.1, 0.15) is 26.5 Å². The van der Waals surface area contributed by atoms with Crippen LogP contribution in [-0.2, 0) is 11.2 Å². The van der Waals surface area contributed by atoms with Gasteiger partial charge in [0, 0.05) is 19.5 Å². The van der Waals surface area contributed by atoms with E-state index in [1.807, 2.05) is 13.0 Å². The molecule has 0 aliphatic carbocycles. The Morgan fingerprint density at radius 2 is 2.16 bits per heavy atom. The second-order valence-corrected chi connectivity index (χ2v) is 5.06. The summed E-state index contributed by atoms with van der Waals surface area (Å²) >= 11 is 0. The number of rotatable bonds is 5. The van der Waals surface area contributed by atoms with Gasteiger partial charge in [0.2, 0.25) is 0 Å². The van der Waals surface area contributed by atoms with E-state index in [1.165, 1.54) is 25.8 Å². The maximum atomic E-state index is 12.0. The minimum Gasteiger partial charge on any atom is -0.480 e. The van der Waals surface area contributed by atoms with Gasteiger partial charge in [-0.25, -0.2) is 9.59 Å². The molecule has 0 spiro atoms. The summed E-state index contributed by atoms with van der Waals surface area (Å²) in [6, 6.07) is 3.04. The first-order valence-corrected chi connectivity index (χ1v) is 6.05. The first-order chi connectivity index (χ1) is 8.75. The molecule has 1 heterocycles. The van der Waals surface area contributed by atoms with Crippen molar-refractivity contribution >= 4 is 12.0 Å². The lowest BCUT2D eigenvalue weighted by molar-refractivity contribution is -0.146. The SMILES string of the molecule is CC(Cc1ccco1)NC(=O)N(C)C(C)(C)C(=O)O. The molecule has 1 rings (SSSR count). The summed E-state index contributed by atoms with van der Waals surface area (Å²) in [4.78, 5) is 24.2. The van der Waals surface area contributed by atoms with E-state index in [1.54, 1.807) is 12.3 Å². The average molecular weight is 268 g/mol. The standard InChI is InChI=1S/C13H20N2O4/c1-9(8-10-6-5-7-19-10)14-12(18)15(4)13(2,3)11(16)17/h5-7,9H,8H2,1-4H3,(H,14,18)(H,16,17). The summed E-state index contributed by atoms with van der Waals surface area (Å²) in [6.07, 6.45) is 2.13. The van der Waals surface area contributed by atoms with Crippen LogP contribution in [-0.4, -0.2) is 40.6 Å². The van der Waals surface area contributed by atoms with Crippen LogP contribution in [0.2, 0.25) is 0 Å². The Hall–Kier alpha value is -1.98. The van der Waals surface area contributed by atoms with Gasteiger partial charge in [0.1, 0.15) is 11.3 Å². The topological polar surface area (TPSA) is 82.8 Å². The highest BCUT2D eigenvalue weighted by atomic mass is 16.4. The van der Waals surface area contributed by atoms with Gasteiger partial charge in [-0.3, -0.25) is 0 Å². The third-order valence-corrected chi connectivity index (χ3v) is 3.12. The van der Waals surface area contributed by atoms with Crippen molar-refractivity contribution in [3.63, 3.8) is 0 Å². The van der Waals surface area contributed by atoms with Gasteiger partial charge in [-0.1, -0.05) is 0 Å². The third kappa shape index (κ3) is 3.74. The number of likely N-dealkylation sites (N-methyl/N-ethyl adjacent to an activating group) is 1. The molecular formula is C13H20N2O4. The van der Waals surface area contributed by atoms with E-state index < -0.39 is 17.5 Å². The van der Waals surface area contributed by atoms with Crippen LogP contribution in [0.3, 0.4) is 0 Å². The van der Waals surface area contributed by atoms with Crippen LogP contribution in [0.15, 0.2) is 22.8 Å². The molecule has 1 unspecified atom stereocenters. The van der Waals surface area contributed by atoms with Crippen molar-refractivity contribution in [2.45, 2.75) is 38.8 Å². The number of aliphatic carboxylic acids is 1. The number of hydrogen-bond acceptors (Lipinski definition) is 3. The number of carboxylic acid groups (broad SMARTS) is 1. The number of carbonyl (C=O) groups is 2. The fraction of sp³-hybridized carbons (Fsp3) is 0.538. The Bertz CT molecular complexity index is 440. The van der Waals surface area contributed by atoms with Gasteiger partial charge in [0.05, 0.1) is 6.26 Å². The molecule has 106 valence electrons. The highest BCUT2D eigenvalue weighted by Crippen LogP contribution is 2.13. The van der Waals surface area contributed by atoms with E-state index in [4.69, 9.17) is 9.52 Å². The molecule has 0 aliphatic rings. The maximum Gasteiger partial charge on any atom is 0.329 e. The molecule has 19 heavy (non-hydrogen) atoms. The zero-order valence-corrected chi connectivity index (χ0v) is 11.6. The molecule has 2 N–H and O–H groups in total. The number of amides is 2. The van der Waals surface area contributed by atoms with E-state index in [9.17, 15) is 9.59 Å². The molecule has 0 radical (unpaired) electrons. The van der Waals surface area contributed by atoms with Crippen LogP contribution >= 0.6 is 0 Å². The second-order valence-electron chi connectivity index (χ2n) is 5.06. The normalized spacial score (nSPS) is 12.8. The van der Waals surface area contributed by atoms with E-state index in [-0.39, 0.29) is 6.04 Å². The molecule has 2 amide bonds. The zero-order chi connectivity index (χ0) is 14.6. The lowest BCUT2D eigenvalue weighted by Crippen LogP contribution is -2.55. The molecule has 0 aromatic carbocycles. The summed E-state index contributed by atoms with van der Waals surface area (Å²) in [5.74, 6) is -0.281. The van der Waals surface area contributed by atoms with Gasteiger partial charge < -0.3 is 19.7 Å². The summed E-state index contributed by atoms with van der Waals surface area (Å²) in [7, 11) is 1.46. The number of nitrogens with zero attached hydrogens (tertiary/aromatic N) is 1. The molecule has 6 heteroatoms. The summed E-state index contributed by atoms with van der Waals surface area (Å²) in [6.45, 7) is 4.79. The molecule has 6 nitrogen and oxygen atoms in total. The average Bonchev–Trinajstić information content (AvgIpc) is 2.80. The van der Waals surface area contributed by atoms with Gasteiger partial charge >= 0.3 is 12.0 Å². The smallest absolute Gasteiger partial charge is 0.329 e. The van der Waals surface area contributed by atoms with E-state index in [0.717, 1.165) is 5.76 Å². The summed E-state index contributed by atoms with van der Waals surface area (Å²) in [5.41, 5.74) is -1.26. The highest BCUT2D eigenvalue weighted by molar-refractivity contribution is 5.85. The molecule has 0 fully saturated rings. The van der Waals surface area contributed by atoms with Crippen LogP contribution in [0.25, 0.3) is 0 Å². The Balaban J connectivity index is 2.57. The van der Waals surface area contributed by atoms with Crippen LogP contribution in [0, 0.1) is 0 Å². The number of urea groups is 1. The van der Waals surface area contributed by atoms with Gasteiger partial charge in [0.15, 0.2) is 0 Å². The van der Waals surface area contributed by atoms with E-state index in [0.29, 0.717) is 6.42 Å². The monoisotopic (exact) mass is 268 g/mol. The van der Waals surface area contributed by atoms with Gasteiger partial charge in [-0.15, -0.1) is 0 Å². The van der Waals surface area contributed by atoms with Crippen molar-refractivity contribution in [2.24, 2.45) is 0 Å². The number of carboxylic acids is 1. The minimum atomic E-state index is -1.26. The quantitative estimate of drug-likeness (QED) is 0.851. The van der Waals surface area contributed by atoms with Crippen LogP contribution < -0.4 is 5.32 Å². The molecule has 1 aromatic heterocycles. The first-order valence-electron chi connectivity index (χ1n) is 6.05. The molecule has 0 saturated carbocycles. The summed E-state index contributed by atoms with van der Waals surface area (Å²) in [5, 5.41) is 11.8. The predicted octanol–water partition coefficient (Wildman–Crippen LogP) is 1.72. The first kappa shape index (κ1) is 15.1. The van der Waals surface area contributed by atoms with E-state index in [2.05, 4.69) is 5.32 Å². The fourth-order valence-electron chi connectivity index (χ4n) is 1.49. The molecule has 0 bridgehead atoms. The lowest BCUT2D eigenvalue weighted by Gasteiger charge is -2.32. The molecular weight excluding hydrogens is 248 g/mol. The fourth-order valence-corrected chi connectivity index (χ4v) is 1.49. The molecule has 0 aliphatic heterocycles. The van der Waals surface area contributed by atoms with Gasteiger partial charge in [0.25, 0.3) is 0 Å². The highest BCUT2D eigenvalue weighted by Gasteiger charge is 2.35. The van der Waals surface area contributed by atoms with Crippen molar-refractivity contribution in [3.05, 3.63) is 24.2 Å². The Morgan fingerprint density at radius 3 is 2.63 bits per heavy atom. The molecule has 1 atom stereocenters. The summed E-state index contributed by atoms with van der Waals surface area (Å²) < 4.78 is 5.19. The number of carbonyl (C=O) groups excluding carboxylic acids is 1. The largest absolute Gasteiger partial charge is 0.480 e. The number of furan rings is 1. The maximum absolute atomic E-state index is 12.0. The van der Waals surface area contributed by atoms with Crippen molar-refractivity contribution in [3.8, 4) is 0 Å². The second kappa shape index (κ2) is 5.77. The number of hydrogen-bond donors (Lipinski definition) is 2. The van der Waals surface area contributed by atoms with Crippen molar-refractivity contribution in [1.29, 1.82) is 0 Å². The molecule has 0 saturated heterocycles. The predicted molar refractivity (Wildman–Crippen MR) is 69.9 cm³/mol. The Labute approximate surface area is 112 Å². The van der Waals surface area contributed by atoms with Crippen molar-refractivity contribution in [1.82, 2.24) is 10.2 Å². The zero-order valence-electron chi connectivity index (χ0n) is 11.6. The van der Waals surface area contributed by atoms with Crippen molar-refractivity contribution < 1.29 is 19.1 Å². The molecule has 1 aromatic rings. The van der Waals surface area contributed by atoms with E-state index >= 15 is 0 Å². The van der Waals surface area contributed by atoms with Crippen LogP contribution in [0.4, 0.5) is 4.79 Å². The Kier molecular flexibility index (Phi) is 4.58. The lowest BCUT2D eigenvalue weighted by atomic mass is 10.0.